The quantitative estimate of drug-likeness (QED) is 0.709. The number of benzene rings is 2. The van der Waals surface area contributed by atoms with Crippen molar-refractivity contribution in [3.8, 4) is 5.75 Å². The molecule has 1 unspecified atom stereocenters. The van der Waals surface area contributed by atoms with Crippen molar-refractivity contribution in [2.45, 2.75) is 33.3 Å². The van der Waals surface area contributed by atoms with Gasteiger partial charge in [-0.05, 0) is 54.7 Å². The van der Waals surface area contributed by atoms with E-state index in [4.69, 9.17) is 4.74 Å². The molecule has 0 aromatic heterocycles. The minimum atomic E-state index is -0.0137. The second-order valence-electron chi connectivity index (χ2n) is 5.79. The predicted octanol–water partition coefficient (Wildman–Crippen LogP) is 4.84. The Morgan fingerprint density at radius 3 is 2.10 bits per heavy atom. The summed E-state index contributed by atoms with van der Waals surface area (Å²) in [6, 6.07) is 15.8. The summed E-state index contributed by atoms with van der Waals surface area (Å²) in [6.45, 7) is 6.48. The third-order valence-corrected chi connectivity index (χ3v) is 3.42. The number of carbonyl (C=O) groups excluding carboxylic acids is 1. The first-order valence-electron chi connectivity index (χ1n) is 7.39. The van der Waals surface area contributed by atoms with E-state index < -0.39 is 0 Å². The van der Waals surface area contributed by atoms with Crippen LogP contribution in [-0.2, 0) is 6.42 Å². The van der Waals surface area contributed by atoms with Crippen molar-refractivity contribution in [3.63, 3.8) is 0 Å². The third kappa shape index (κ3) is 4.45. The van der Waals surface area contributed by atoms with Crippen molar-refractivity contribution in [1.29, 1.82) is 0 Å². The van der Waals surface area contributed by atoms with Crippen LogP contribution in [0.1, 0.15) is 48.4 Å². The third-order valence-electron chi connectivity index (χ3n) is 3.42. The molecule has 0 aliphatic heterocycles. The molecule has 0 radical (unpaired) electrons. The van der Waals surface area contributed by atoms with E-state index in [-0.39, 0.29) is 6.10 Å². The summed E-state index contributed by atoms with van der Waals surface area (Å²) in [5, 5.41) is 0. The molecule has 0 amide bonds. The van der Waals surface area contributed by atoms with Crippen molar-refractivity contribution in [2.24, 2.45) is 5.92 Å². The molecule has 2 aromatic carbocycles. The van der Waals surface area contributed by atoms with E-state index >= 15 is 0 Å². The Morgan fingerprint density at radius 1 is 0.952 bits per heavy atom. The summed E-state index contributed by atoms with van der Waals surface area (Å²) in [4.78, 5) is 10.6. The Kier molecular flexibility index (Phi) is 5.15. The lowest BCUT2D eigenvalue weighted by Gasteiger charge is -2.16. The van der Waals surface area contributed by atoms with Crippen LogP contribution in [0, 0.1) is 5.92 Å². The molecule has 0 bridgehead atoms. The predicted molar refractivity (Wildman–Crippen MR) is 85.9 cm³/mol. The maximum Gasteiger partial charge on any atom is 0.150 e. The number of aldehydes is 1. The van der Waals surface area contributed by atoms with Crippen molar-refractivity contribution in [1.82, 2.24) is 0 Å². The normalized spacial score (nSPS) is 12.2. The van der Waals surface area contributed by atoms with Gasteiger partial charge < -0.3 is 4.74 Å². The summed E-state index contributed by atoms with van der Waals surface area (Å²) >= 11 is 0. The van der Waals surface area contributed by atoms with Crippen LogP contribution in [-0.4, -0.2) is 6.29 Å². The zero-order valence-electron chi connectivity index (χ0n) is 12.9. The van der Waals surface area contributed by atoms with Gasteiger partial charge in [-0.25, -0.2) is 0 Å². The van der Waals surface area contributed by atoms with Crippen LogP contribution in [0.3, 0.4) is 0 Å². The molecule has 21 heavy (non-hydrogen) atoms. The van der Waals surface area contributed by atoms with Crippen molar-refractivity contribution in [2.75, 3.05) is 0 Å². The molecule has 0 aliphatic rings. The maximum atomic E-state index is 10.6. The second kappa shape index (κ2) is 7.07. The Morgan fingerprint density at radius 2 is 1.57 bits per heavy atom. The van der Waals surface area contributed by atoms with E-state index in [2.05, 4.69) is 38.1 Å². The lowest BCUT2D eigenvalue weighted by Crippen LogP contribution is -2.03. The summed E-state index contributed by atoms with van der Waals surface area (Å²) in [5.74, 6) is 1.44. The lowest BCUT2D eigenvalue weighted by molar-refractivity contribution is 0.112. The van der Waals surface area contributed by atoms with Crippen LogP contribution in [0.5, 0.6) is 5.75 Å². The summed E-state index contributed by atoms with van der Waals surface area (Å²) in [7, 11) is 0. The molecule has 0 aliphatic carbocycles. The average Bonchev–Trinajstić information content (AvgIpc) is 2.48. The van der Waals surface area contributed by atoms with Gasteiger partial charge in [0.1, 0.15) is 18.1 Å². The van der Waals surface area contributed by atoms with Gasteiger partial charge in [0.25, 0.3) is 0 Å². The Labute approximate surface area is 126 Å². The van der Waals surface area contributed by atoms with Crippen molar-refractivity contribution < 1.29 is 9.53 Å². The molecule has 0 N–H and O–H groups in total. The zero-order valence-corrected chi connectivity index (χ0v) is 12.9. The SMILES string of the molecule is CC(C)Cc1ccc(C(C)Oc2ccc(C=O)cc2)cc1. The van der Waals surface area contributed by atoms with Gasteiger partial charge in [0.2, 0.25) is 0 Å². The van der Waals surface area contributed by atoms with E-state index in [0.717, 1.165) is 24.0 Å². The molecule has 2 nitrogen and oxygen atoms in total. The topological polar surface area (TPSA) is 26.3 Å². The molecule has 2 rings (SSSR count). The second-order valence-corrected chi connectivity index (χ2v) is 5.79. The molecule has 0 saturated carbocycles. The van der Waals surface area contributed by atoms with Gasteiger partial charge in [0.05, 0.1) is 0 Å². The highest BCUT2D eigenvalue weighted by Crippen LogP contribution is 2.22. The molecule has 0 spiro atoms. The smallest absolute Gasteiger partial charge is 0.150 e. The van der Waals surface area contributed by atoms with E-state index in [1.54, 1.807) is 12.1 Å². The van der Waals surface area contributed by atoms with Crippen molar-refractivity contribution in [3.05, 3.63) is 65.2 Å². The Balaban J connectivity index is 2.01. The number of ether oxygens (including phenoxy) is 1. The van der Waals surface area contributed by atoms with Gasteiger partial charge in [-0.15, -0.1) is 0 Å². The highest BCUT2D eigenvalue weighted by Gasteiger charge is 2.08. The number of rotatable bonds is 6. The Hall–Kier alpha value is -2.09. The van der Waals surface area contributed by atoms with Crippen LogP contribution in [0.2, 0.25) is 0 Å². The number of carbonyl (C=O) groups is 1. The average molecular weight is 282 g/mol. The standard InChI is InChI=1S/C19H22O2/c1-14(2)12-16-4-8-18(9-5-16)15(3)21-19-10-6-17(13-20)7-11-19/h4-11,13-15H,12H2,1-3H3. The van der Waals surface area contributed by atoms with Gasteiger partial charge in [-0.3, -0.25) is 4.79 Å². The minimum absolute atomic E-state index is 0.0137. The molecule has 0 saturated heterocycles. The summed E-state index contributed by atoms with van der Waals surface area (Å²) < 4.78 is 5.90. The van der Waals surface area contributed by atoms with Gasteiger partial charge in [-0.1, -0.05) is 38.1 Å². The maximum absolute atomic E-state index is 10.6. The van der Waals surface area contributed by atoms with Gasteiger partial charge in [0, 0.05) is 5.56 Å². The van der Waals surface area contributed by atoms with E-state index in [1.165, 1.54) is 5.56 Å². The molecule has 2 aromatic rings. The molecule has 2 heteroatoms. The fourth-order valence-corrected chi connectivity index (χ4v) is 2.29. The van der Waals surface area contributed by atoms with E-state index in [0.29, 0.717) is 11.5 Å². The molecule has 110 valence electrons. The van der Waals surface area contributed by atoms with Crippen LogP contribution in [0.4, 0.5) is 0 Å². The highest BCUT2D eigenvalue weighted by atomic mass is 16.5. The lowest BCUT2D eigenvalue weighted by atomic mass is 10.0. The largest absolute Gasteiger partial charge is 0.486 e. The highest BCUT2D eigenvalue weighted by molar-refractivity contribution is 5.74. The molecule has 1 atom stereocenters. The van der Waals surface area contributed by atoms with Crippen molar-refractivity contribution >= 4 is 6.29 Å². The number of hydrogen-bond acceptors (Lipinski definition) is 2. The first-order valence-corrected chi connectivity index (χ1v) is 7.39. The van der Waals surface area contributed by atoms with Crippen LogP contribution >= 0.6 is 0 Å². The van der Waals surface area contributed by atoms with Gasteiger partial charge in [-0.2, -0.15) is 0 Å². The Bertz CT molecular complexity index is 568. The minimum Gasteiger partial charge on any atom is -0.486 e. The van der Waals surface area contributed by atoms with Gasteiger partial charge in [0.15, 0.2) is 0 Å². The summed E-state index contributed by atoms with van der Waals surface area (Å²) in [5.41, 5.74) is 3.17. The molecule has 0 heterocycles. The molecule has 0 fully saturated rings. The fourth-order valence-electron chi connectivity index (χ4n) is 2.29. The van der Waals surface area contributed by atoms with Crippen LogP contribution in [0.25, 0.3) is 0 Å². The molecular formula is C19H22O2. The monoisotopic (exact) mass is 282 g/mol. The zero-order chi connectivity index (χ0) is 15.2. The first kappa shape index (κ1) is 15.3. The van der Waals surface area contributed by atoms with Crippen LogP contribution < -0.4 is 4.74 Å². The summed E-state index contributed by atoms with van der Waals surface area (Å²) in [6.07, 6.45) is 1.92. The van der Waals surface area contributed by atoms with Crippen LogP contribution in [0.15, 0.2) is 48.5 Å². The molecular weight excluding hydrogens is 260 g/mol. The fraction of sp³-hybridized carbons (Fsp3) is 0.316. The van der Waals surface area contributed by atoms with E-state index in [1.807, 2.05) is 19.1 Å². The van der Waals surface area contributed by atoms with E-state index in [9.17, 15) is 4.79 Å². The number of hydrogen-bond donors (Lipinski definition) is 0. The van der Waals surface area contributed by atoms with Gasteiger partial charge >= 0.3 is 0 Å². The first-order chi connectivity index (χ1) is 10.1.